The summed E-state index contributed by atoms with van der Waals surface area (Å²) in [4.78, 5) is 12.9. The lowest BCUT2D eigenvalue weighted by molar-refractivity contribution is 0.0951. The van der Waals surface area contributed by atoms with Gasteiger partial charge in [-0.15, -0.1) is 11.3 Å². The molecule has 3 rings (SSSR count). The summed E-state index contributed by atoms with van der Waals surface area (Å²) in [6.45, 7) is 3.65. The third kappa shape index (κ3) is 4.29. The van der Waals surface area contributed by atoms with Crippen LogP contribution in [0.15, 0.2) is 46.7 Å². The molecule has 0 aliphatic carbocycles. The van der Waals surface area contributed by atoms with Crippen molar-refractivity contribution < 1.29 is 13.2 Å². The molecule has 2 heterocycles. The number of carbonyl (C=O) groups is 1. The summed E-state index contributed by atoms with van der Waals surface area (Å²) in [7, 11) is -3.42. The summed E-state index contributed by atoms with van der Waals surface area (Å²) in [6.07, 6.45) is 1.81. The summed E-state index contributed by atoms with van der Waals surface area (Å²) < 4.78 is 27.4. The number of thiophene rings is 1. The lowest BCUT2D eigenvalue weighted by Gasteiger charge is -2.28. The minimum absolute atomic E-state index is 0.163. The molecule has 0 bridgehead atoms. The van der Waals surface area contributed by atoms with Crippen LogP contribution < -0.4 is 5.32 Å². The Morgan fingerprint density at radius 3 is 2.52 bits per heavy atom. The van der Waals surface area contributed by atoms with Crippen LogP contribution in [0, 0.1) is 5.92 Å². The summed E-state index contributed by atoms with van der Waals surface area (Å²) in [5.74, 6) is 0.418. The normalized spacial score (nSPS) is 16.7. The predicted molar refractivity (Wildman–Crippen MR) is 99.1 cm³/mol. The number of benzene rings is 1. The molecular weight excluding hydrogens is 356 g/mol. The minimum atomic E-state index is -3.42. The van der Waals surface area contributed by atoms with E-state index >= 15 is 0 Å². The van der Waals surface area contributed by atoms with Crippen LogP contribution in [-0.2, 0) is 16.6 Å². The van der Waals surface area contributed by atoms with Crippen LogP contribution in [0.25, 0.3) is 0 Å². The molecule has 0 atom stereocenters. The van der Waals surface area contributed by atoms with E-state index in [1.165, 1.54) is 11.3 Å². The second kappa shape index (κ2) is 7.68. The topological polar surface area (TPSA) is 66.5 Å². The van der Waals surface area contributed by atoms with Crippen molar-refractivity contribution in [2.45, 2.75) is 30.5 Å². The van der Waals surface area contributed by atoms with Crippen molar-refractivity contribution in [3.05, 3.63) is 52.9 Å². The molecule has 1 saturated heterocycles. The maximum absolute atomic E-state index is 12.7. The SMILES string of the molecule is CC1CCN(S(=O)(=O)c2ccc(CNC(=O)c3ccccc3)s2)CC1. The Hall–Kier alpha value is -1.70. The molecule has 2 aromatic rings. The van der Waals surface area contributed by atoms with Crippen LogP contribution in [0.5, 0.6) is 0 Å². The van der Waals surface area contributed by atoms with Crippen LogP contribution in [0.1, 0.15) is 35.0 Å². The van der Waals surface area contributed by atoms with E-state index in [1.54, 1.807) is 28.6 Å². The molecule has 0 radical (unpaired) electrons. The number of nitrogens with one attached hydrogen (secondary N) is 1. The van der Waals surface area contributed by atoms with E-state index in [-0.39, 0.29) is 5.91 Å². The highest BCUT2D eigenvalue weighted by Crippen LogP contribution is 2.28. The zero-order chi connectivity index (χ0) is 17.9. The number of sulfonamides is 1. The summed E-state index contributed by atoms with van der Waals surface area (Å²) in [5, 5.41) is 2.83. The van der Waals surface area contributed by atoms with E-state index < -0.39 is 10.0 Å². The van der Waals surface area contributed by atoms with E-state index in [0.717, 1.165) is 17.7 Å². The van der Waals surface area contributed by atoms with Gasteiger partial charge in [-0.25, -0.2) is 8.42 Å². The van der Waals surface area contributed by atoms with E-state index in [0.29, 0.717) is 35.3 Å². The lowest BCUT2D eigenvalue weighted by Crippen LogP contribution is -2.37. The lowest BCUT2D eigenvalue weighted by atomic mass is 10.0. The van der Waals surface area contributed by atoms with Gasteiger partial charge in [-0.2, -0.15) is 4.31 Å². The smallest absolute Gasteiger partial charge is 0.252 e. The molecule has 1 aliphatic heterocycles. The second-order valence-electron chi connectivity index (χ2n) is 6.36. The van der Waals surface area contributed by atoms with Gasteiger partial charge in [-0.3, -0.25) is 4.79 Å². The van der Waals surface area contributed by atoms with Gasteiger partial charge in [-0.05, 0) is 43.0 Å². The number of carbonyl (C=O) groups excluding carboxylic acids is 1. The zero-order valence-corrected chi connectivity index (χ0v) is 15.8. The molecular formula is C18H22N2O3S2. The van der Waals surface area contributed by atoms with Gasteiger partial charge < -0.3 is 5.32 Å². The van der Waals surface area contributed by atoms with Gasteiger partial charge in [0.1, 0.15) is 4.21 Å². The number of hydrogen-bond donors (Lipinski definition) is 1. The Morgan fingerprint density at radius 2 is 1.84 bits per heavy atom. The fourth-order valence-electron chi connectivity index (χ4n) is 2.80. The molecule has 134 valence electrons. The van der Waals surface area contributed by atoms with Crippen molar-refractivity contribution in [3.8, 4) is 0 Å². The monoisotopic (exact) mass is 378 g/mol. The average molecular weight is 379 g/mol. The van der Waals surface area contributed by atoms with Gasteiger partial charge in [0.2, 0.25) is 0 Å². The zero-order valence-electron chi connectivity index (χ0n) is 14.1. The van der Waals surface area contributed by atoms with Crippen molar-refractivity contribution in [3.63, 3.8) is 0 Å². The Balaban J connectivity index is 1.63. The fraction of sp³-hybridized carbons (Fsp3) is 0.389. The van der Waals surface area contributed by atoms with Crippen LogP contribution in [0.4, 0.5) is 0 Å². The van der Waals surface area contributed by atoms with E-state index in [9.17, 15) is 13.2 Å². The summed E-state index contributed by atoms with van der Waals surface area (Å²) >= 11 is 1.23. The van der Waals surface area contributed by atoms with E-state index in [4.69, 9.17) is 0 Å². The molecule has 0 spiro atoms. The maximum Gasteiger partial charge on any atom is 0.252 e. The minimum Gasteiger partial charge on any atom is -0.347 e. The molecule has 1 aliphatic rings. The maximum atomic E-state index is 12.7. The predicted octanol–water partition coefficient (Wildman–Crippen LogP) is 3.10. The first-order chi connectivity index (χ1) is 12.0. The van der Waals surface area contributed by atoms with Crippen molar-refractivity contribution in [1.29, 1.82) is 0 Å². The van der Waals surface area contributed by atoms with Crippen LogP contribution >= 0.6 is 11.3 Å². The molecule has 1 amide bonds. The Kier molecular flexibility index (Phi) is 5.56. The molecule has 5 nitrogen and oxygen atoms in total. The molecule has 7 heteroatoms. The van der Waals surface area contributed by atoms with Crippen LogP contribution in [0.2, 0.25) is 0 Å². The van der Waals surface area contributed by atoms with Crippen LogP contribution in [0.3, 0.4) is 0 Å². The highest BCUT2D eigenvalue weighted by molar-refractivity contribution is 7.91. The van der Waals surface area contributed by atoms with Gasteiger partial charge in [0, 0.05) is 23.5 Å². The quantitative estimate of drug-likeness (QED) is 0.869. The molecule has 1 aromatic heterocycles. The first kappa shape index (κ1) is 18.1. The van der Waals surface area contributed by atoms with Crippen molar-refractivity contribution in [1.82, 2.24) is 9.62 Å². The largest absolute Gasteiger partial charge is 0.347 e. The van der Waals surface area contributed by atoms with E-state index in [2.05, 4.69) is 12.2 Å². The number of rotatable bonds is 5. The number of piperidine rings is 1. The first-order valence-corrected chi connectivity index (χ1v) is 10.6. The number of hydrogen-bond acceptors (Lipinski definition) is 4. The second-order valence-corrected chi connectivity index (χ2v) is 9.69. The average Bonchev–Trinajstić information content (AvgIpc) is 3.11. The molecule has 25 heavy (non-hydrogen) atoms. The molecule has 0 saturated carbocycles. The van der Waals surface area contributed by atoms with Crippen molar-refractivity contribution in [2.75, 3.05) is 13.1 Å². The van der Waals surface area contributed by atoms with Gasteiger partial charge >= 0.3 is 0 Å². The van der Waals surface area contributed by atoms with Crippen LogP contribution in [-0.4, -0.2) is 31.7 Å². The molecule has 1 N–H and O–H groups in total. The number of nitrogens with zero attached hydrogens (tertiary/aromatic N) is 1. The fourth-order valence-corrected chi connectivity index (χ4v) is 5.72. The Labute approximate surface area is 152 Å². The standard InChI is InChI=1S/C18H22N2O3S2/c1-14-9-11-20(12-10-14)25(22,23)17-8-7-16(24-17)13-19-18(21)15-5-3-2-4-6-15/h2-8,14H,9-13H2,1H3,(H,19,21). The van der Waals surface area contributed by atoms with E-state index in [1.807, 2.05) is 18.2 Å². The highest BCUT2D eigenvalue weighted by atomic mass is 32.2. The van der Waals surface area contributed by atoms with Gasteiger partial charge in [0.05, 0.1) is 6.54 Å². The Morgan fingerprint density at radius 1 is 1.16 bits per heavy atom. The van der Waals surface area contributed by atoms with Gasteiger partial charge in [0.15, 0.2) is 0 Å². The van der Waals surface area contributed by atoms with Gasteiger partial charge in [-0.1, -0.05) is 25.1 Å². The highest BCUT2D eigenvalue weighted by Gasteiger charge is 2.29. The molecule has 0 unspecified atom stereocenters. The van der Waals surface area contributed by atoms with Crippen molar-refractivity contribution in [2.24, 2.45) is 5.92 Å². The van der Waals surface area contributed by atoms with Crippen molar-refractivity contribution >= 4 is 27.3 Å². The van der Waals surface area contributed by atoms with Gasteiger partial charge in [0.25, 0.3) is 15.9 Å². The third-order valence-electron chi connectivity index (χ3n) is 4.43. The summed E-state index contributed by atoms with van der Waals surface area (Å²) in [6, 6.07) is 12.4. The third-order valence-corrected chi connectivity index (χ3v) is 7.88. The Bertz CT molecular complexity index is 823. The molecule has 1 aromatic carbocycles. The molecule has 1 fully saturated rings. The summed E-state index contributed by atoms with van der Waals surface area (Å²) in [5.41, 5.74) is 0.592. The number of amides is 1. The first-order valence-electron chi connectivity index (χ1n) is 8.39.